The Morgan fingerprint density at radius 2 is 1.90 bits per heavy atom. The normalized spacial score (nSPS) is 14.4. The van der Waals surface area contributed by atoms with Gasteiger partial charge in [-0.1, -0.05) is 0 Å². The molecule has 2 aromatic rings. The van der Waals surface area contributed by atoms with Crippen molar-refractivity contribution in [3.8, 4) is 0 Å². The average Bonchev–Trinajstić information content (AvgIpc) is 2.78. The van der Waals surface area contributed by atoms with Crippen LogP contribution in [-0.4, -0.2) is 38.5 Å². The molecule has 5 nitrogen and oxygen atoms in total. The van der Waals surface area contributed by atoms with Crippen LogP contribution in [0, 0.1) is 0 Å². The lowest BCUT2D eigenvalue weighted by Crippen LogP contribution is -2.35. The fourth-order valence-corrected chi connectivity index (χ4v) is 1.51. The Morgan fingerprint density at radius 3 is 2.48 bits per heavy atom. The summed E-state index contributed by atoms with van der Waals surface area (Å²) in [5.41, 5.74) is -1.35. The van der Waals surface area contributed by atoms with E-state index in [1.807, 2.05) is 0 Å². The maximum absolute atomic E-state index is 12.5. The minimum atomic E-state index is -4.84. The highest BCUT2D eigenvalue weighted by Gasteiger charge is 2.38. The Bertz CT molecular complexity index is 634. The second-order valence-corrected chi connectivity index (χ2v) is 4.07. The van der Waals surface area contributed by atoms with E-state index in [1.54, 1.807) is 0 Å². The average molecular weight is 314 g/mol. The lowest BCUT2D eigenvalue weighted by Gasteiger charge is -2.15. The van der Waals surface area contributed by atoms with Crippen LogP contribution >= 0.6 is 0 Å². The van der Waals surface area contributed by atoms with Crippen LogP contribution in [-0.2, 0) is 6.18 Å². The number of nitrogens with zero attached hydrogens (tertiary/aromatic N) is 3. The smallest absolute Gasteiger partial charge is 0.382 e. The molecule has 0 bridgehead atoms. The summed E-state index contributed by atoms with van der Waals surface area (Å²) in [6.07, 6.45) is -9.99. The lowest BCUT2D eigenvalue weighted by molar-refractivity contribution is -0.198. The van der Waals surface area contributed by atoms with Gasteiger partial charge in [-0.2, -0.15) is 31.4 Å². The van der Waals surface area contributed by atoms with E-state index in [9.17, 15) is 26.3 Å². The molecule has 0 aromatic carbocycles. The van der Waals surface area contributed by atoms with Crippen LogP contribution in [0.2, 0.25) is 0 Å². The molecule has 0 aliphatic carbocycles. The number of fused-ring (bicyclic) bond motifs is 1. The first-order valence-electron chi connectivity index (χ1n) is 5.49. The number of aliphatic hydroxyl groups excluding tert-OH is 1. The highest BCUT2D eigenvalue weighted by molar-refractivity contribution is 5.67. The maximum atomic E-state index is 12.5. The Hall–Kier alpha value is -2.04. The second kappa shape index (κ2) is 5.06. The van der Waals surface area contributed by atoms with Gasteiger partial charge in [0.15, 0.2) is 17.6 Å². The van der Waals surface area contributed by atoms with Crippen molar-refractivity contribution in [3.63, 3.8) is 0 Å². The summed E-state index contributed by atoms with van der Waals surface area (Å²) in [5.74, 6) is -0.246. The minimum absolute atomic E-state index is 0.154. The van der Waals surface area contributed by atoms with E-state index in [0.29, 0.717) is 6.07 Å². The molecule has 1 atom stereocenters. The predicted molar refractivity (Wildman–Crippen MR) is 58.5 cm³/mol. The van der Waals surface area contributed by atoms with Gasteiger partial charge in [-0.25, -0.2) is 9.50 Å². The highest BCUT2D eigenvalue weighted by atomic mass is 19.4. The van der Waals surface area contributed by atoms with Crippen molar-refractivity contribution >= 4 is 11.3 Å². The van der Waals surface area contributed by atoms with Gasteiger partial charge in [-0.3, -0.25) is 0 Å². The molecule has 11 heteroatoms. The van der Waals surface area contributed by atoms with Gasteiger partial charge in [0, 0.05) is 18.5 Å². The molecule has 2 aromatic heterocycles. The highest BCUT2D eigenvalue weighted by Crippen LogP contribution is 2.30. The van der Waals surface area contributed by atoms with Crippen molar-refractivity contribution in [2.24, 2.45) is 0 Å². The SMILES string of the molecule is OC(CNc1nccn2nc(C(F)(F)F)cc12)C(F)(F)F. The van der Waals surface area contributed by atoms with E-state index in [4.69, 9.17) is 5.11 Å². The summed E-state index contributed by atoms with van der Waals surface area (Å²) < 4.78 is 74.8. The number of aromatic nitrogens is 3. The van der Waals surface area contributed by atoms with Crippen molar-refractivity contribution in [1.29, 1.82) is 0 Å². The standard InChI is InChI=1S/C10H8F6N4O/c11-9(12,13)6-3-5-8(17-1-2-20(5)19-6)18-4-7(21)10(14,15)16/h1-3,7,21H,4H2,(H,17,18). The topological polar surface area (TPSA) is 62.5 Å². The second-order valence-electron chi connectivity index (χ2n) is 4.07. The molecule has 116 valence electrons. The first-order valence-corrected chi connectivity index (χ1v) is 5.49. The first kappa shape index (κ1) is 15.4. The third-order valence-corrected chi connectivity index (χ3v) is 2.52. The van der Waals surface area contributed by atoms with E-state index >= 15 is 0 Å². The van der Waals surface area contributed by atoms with Crippen LogP contribution in [0.1, 0.15) is 5.69 Å². The molecule has 2 N–H and O–H groups in total. The summed E-state index contributed by atoms with van der Waals surface area (Å²) in [4.78, 5) is 3.64. The van der Waals surface area contributed by atoms with Gasteiger partial charge in [0.2, 0.25) is 0 Å². The molecule has 0 spiro atoms. The molecule has 0 radical (unpaired) electrons. The van der Waals surface area contributed by atoms with Gasteiger partial charge in [0.25, 0.3) is 0 Å². The molecular formula is C10H8F6N4O. The molecule has 0 fully saturated rings. The zero-order valence-corrected chi connectivity index (χ0v) is 10.1. The van der Waals surface area contributed by atoms with E-state index in [1.165, 1.54) is 0 Å². The van der Waals surface area contributed by atoms with Gasteiger partial charge in [0.05, 0.1) is 6.54 Å². The third kappa shape index (κ3) is 3.35. The van der Waals surface area contributed by atoms with Gasteiger partial charge in [-0.05, 0) is 0 Å². The van der Waals surface area contributed by atoms with Crippen molar-refractivity contribution in [2.75, 3.05) is 11.9 Å². The van der Waals surface area contributed by atoms with Gasteiger partial charge >= 0.3 is 12.4 Å². The molecule has 2 rings (SSSR count). The van der Waals surface area contributed by atoms with Crippen molar-refractivity contribution in [3.05, 3.63) is 24.2 Å². The van der Waals surface area contributed by atoms with E-state index in [0.717, 1.165) is 16.9 Å². The number of nitrogens with one attached hydrogen (secondary N) is 1. The molecule has 21 heavy (non-hydrogen) atoms. The van der Waals surface area contributed by atoms with Crippen molar-refractivity contribution < 1.29 is 31.4 Å². The summed E-state index contributed by atoms with van der Waals surface area (Å²) in [6.45, 7) is -0.942. The Balaban J connectivity index is 2.26. The number of rotatable bonds is 3. The predicted octanol–water partition coefficient (Wildman–Crippen LogP) is 2.08. The van der Waals surface area contributed by atoms with E-state index in [-0.39, 0.29) is 11.3 Å². The maximum Gasteiger partial charge on any atom is 0.435 e. The minimum Gasteiger partial charge on any atom is -0.382 e. The monoisotopic (exact) mass is 314 g/mol. The number of hydrogen-bond donors (Lipinski definition) is 2. The number of anilines is 1. The lowest BCUT2D eigenvalue weighted by atomic mass is 10.3. The van der Waals surface area contributed by atoms with E-state index < -0.39 is 30.7 Å². The number of alkyl halides is 6. The fraction of sp³-hybridized carbons (Fsp3) is 0.400. The Kier molecular flexibility index (Phi) is 3.70. The fourth-order valence-electron chi connectivity index (χ4n) is 1.51. The van der Waals surface area contributed by atoms with Crippen molar-refractivity contribution in [1.82, 2.24) is 14.6 Å². The van der Waals surface area contributed by atoms with Gasteiger partial charge in [-0.15, -0.1) is 0 Å². The molecule has 0 aliphatic rings. The quantitative estimate of drug-likeness (QED) is 0.852. The summed E-state index contributed by atoms with van der Waals surface area (Å²) >= 11 is 0. The van der Waals surface area contributed by atoms with Crippen LogP contribution in [0.3, 0.4) is 0 Å². The number of hydrogen-bond acceptors (Lipinski definition) is 4. The van der Waals surface area contributed by atoms with Crippen LogP contribution in [0.5, 0.6) is 0 Å². The molecule has 0 saturated heterocycles. The third-order valence-electron chi connectivity index (χ3n) is 2.52. The number of halogens is 6. The Morgan fingerprint density at radius 1 is 1.24 bits per heavy atom. The Labute approximate surface area is 113 Å². The first-order chi connectivity index (χ1) is 9.59. The molecule has 1 unspecified atom stereocenters. The van der Waals surface area contributed by atoms with Crippen LogP contribution in [0.25, 0.3) is 5.52 Å². The molecule has 2 heterocycles. The summed E-state index contributed by atoms with van der Waals surface area (Å²) in [6, 6.07) is 0.648. The van der Waals surface area contributed by atoms with Gasteiger partial charge in [0.1, 0.15) is 5.52 Å². The largest absolute Gasteiger partial charge is 0.435 e. The molecule has 0 aliphatic heterocycles. The molecule has 0 saturated carbocycles. The van der Waals surface area contributed by atoms with Gasteiger partial charge < -0.3 is 10.4 Å². The van der Waals surface area contributed by atoms with Crippen LogP contribution in [0.15, 0.2) is 18.5 Å². The zero-order chi connectivity index (χ0) is 15.8. The van der Waals surface area contributed by atoms with Crippen molar-refractivity contribution in [2.45, 2.75) is 18.5 Å². The summed E-state index contributed by atoms with van der Waals surface area (Å²) in [5, 5.41) is 14.2. The van der Waals surface area contributed by atoms with Crippen LogP contribution < -0.4 is 5.32 Å². The molecule has 0 amide bonds. The molecular weight excluding hydrogens is 306 g/mol. The summed E-state index contributed by atoms with van der Waals surface area (Å²) in [7, 11) is 0. The number of aliphatic hydroxyl groups is 1. The van der Waals surface area contributed by atoms with Crippen LogP contribution in [0.4, 0.5) is 32.2 Å². The van der Waals surface area contributed by atoms with E-state index in [2.05, 4.69) is 15.4 Å². The zero-order valence-electron chi connectivity index (χ0n) is 10.1.